The number of carbonyl (C=O) groups is 1. The van der Waals surface area contributed by atoms with Crippen LogP contribution >= 0.6 is 0 Å². The normalized spacial score (nSPS) is 10.9. The second-order valence-electron chi connectivity index (χ2n) is 6.47. The van der Waals surface area contributed by atoms with Gasteiger partial charge in [-0.15, -0.1) is 0 Å². The molecule has 0 unspecified atom stereocenters. The van der Waals surface area contributed by atoms with Gasteiger partial charge in [-0.2, -0.15) is 0 Å². The number of rotatable bonds is 8. The zero-order chi connectivity index (χ0) is 21.6. The lowest BCUT2D eigenvalue weighted by Gasteiger charge is -2.12. The van der Waals surface area contributed by atoms with Gasteiger partial charge >= 0.3 is 0 Å². The predicted octanol–water partition coefficient (Wildman–Crippen LogP) is 3.82. The van der Waals surface area contributed by atoms with Crippen molar-refractivity contribution in [1.29, 1.82) is 0 Å². The van der Waals surface area contributed by atoms with Crippen LogP contribution in [0.4, 0.5) is 11.4 Å². The summed E-state index contributed by atoms with van der Waals surface area (Å²) in [5.41, 5.74) is 1.66. The van der Waals surface area contributed by atoms with E-state index in [4.69, 9.17) is 9.47 Å². The van der Waals surface area contributed by atoms with E-state index in [0.717, 1.165) is 0 Å². The number of amides is 1. The molecule has 2 N–H and O–H groups in total. The molecule has 0 aliphatic heterocycles. The van der Waals surface area contributed by atoms with Crippen LogP contribution in [0.1, 0.15) is 5.56 Å². The molecule has 7 nitrogen and oxygen atoms in total. The Kier molecular flexibility index (Phi) is 6.58. The Morgan fingerprint density at radius 1 is 0.933 bits per heavy atom. The van der Waals surface area contributed by atoms with E-state index in [1.807, 2.05) is 0 Å². The molecular weight excluding hydrogens is 404 g/mol. The number of hydrogen-bond acceptors (Lipinski definition) is 5. The molecule has 8 heteroatoms. The van der Waals surface area contributed by atoms with Gasteiger partial charge in [-0.3, -0.25) is 9.52 Å². The summed E-state index contributed by atoms with van der Waals surface area (Å²) in [6.07, 6.45) is 0. The van der Waals surface area contributed by atoms with Gasteiger partial charge in [0.1, 0.15) is 11.5 Å². The number of ether oxygens (including phenoxy) is 2. The fourth-order valence-corrected chi connectivity index (χ4v) is 3.86. The molecule has 0 radical (unpaired) electrons. The first-order valence-electron chi connectivity index (χ1n) is 9.12. The van der Waals surface area contributed by atoms with Crippen molar-refractivity contribution in [2.45, 2.75) is 11.8 Å². The molecular formula is C22H22N2O5S. The van der Waals surface area contributed by atoms with Crippen molar-refractivity contribution in [2.75, 3.05) is 23.8 Å². The van der Waals surface area contributed by atoms with Gasteiger partial charge < -0.3 is 14.8 Å². The summed E-state index contributed by atoms with van der Waals surface area (Å²) in [5, 5.41) is 2.72. The Morgan fingerprint density at radius 2 is 1.67 bits per heavy atom. The fraction of sp³-hybridized carbons (Fsp3) is 0.136. The third kappa shape index (κ3) is 5.51. The molecule has 156 valence electrons. The first-order chi connectivity index (χ1) is 14.4. The average molecular weight is 426 g/mol. The van der Waals surface area contributed by atoms with Gasteiger partial charge in [0, 0.05) is 17.4 Å². The van der Waals surface area contributed by atoms with Crippen molar-refractivity contribution in [3.8, 4) is 11.5 Å². The van der Waals surface area contributed by atoms with E-state index in [-0.39, 0.29) is 17.4 Å². The Morgan fingerprint density at radius 3 is 2.37 bits per heavy atom. The summed E-state index contributed by atoms with van der Waals surface area (Å²) in [5.74, 6) is 0.713. The first-order valence-corrected chi connectivity index (χ1v) is 10.6. The van der Waals surface area contributed by atoms with Crippen LogP contribution in [0, 0.1) is 6.92 Å². The minimum atomic E-state index is -3.73. The Bertz CT molecular complexity index is 1130. The molecule has 3 rings (SSSR count). The van der Waals surface area contributed by atoms with Crippen molar-refractivity contribution >= 4 is 27.3 Å². The molecule has 0 aliphatic rings. The number of carbonyl (C=O) groups excluding carboxylic acids is 1. The number of benzene rings is 3. The topological polar surface area (TPSA) is 93.7 Å². The molecule has 0 heterocycles. The third-order valence-electron chi connectivity index (χ3n) is 4.19. The summed E-state index contributed by atoms with van der Waals surface area (Å²) in [7, 11) is -2.18. The monoisotopic (exact) mass is 426 g/mol. The lowest BCUT2D eigenvalue weighted by Crippen LogP contribution is -2.20. The lowest BCUT2D eigenvalue weighted by atomic mass is 10.2. The van der Waals surface area contributed by atoms with E-state index in [1.54, 1.807) is 68.6 Å². The van der Waals surface area contributed by atoms with E-state index in [9.17, 15) is 13.2 Å². The van der Waals surface area contributed by atoms with Crippen LogP contribution in [0.15, 0.2) is 77.7 Å². The zero-order valence-electron chi connectivity index (χ0n) is 16.6. The smallest absolute Gasteiger partial charge is 0.262 e. The molecule has 0 aromatic heterocycles. The Labute approximate surface area is 175 Å². The Hall–Kier alpha value is -3.52. The van der Waals surface area contributed by atoms with Crippen molar-refractivity contribution in [3.05, 3.63) is 78.4 Å². The number of sulfonamides is 1. The average Bonchev–Trinajstić information content (AvgIpc) is 2.73. The summed E-state index contributed by atoms with van der Waals surface area (Å²) in [6.45, 7) is 1.50. The second-order valence-corrected chi connectivity index (χ2v) is 8.15. The van der Waals surface area contributed by atoms with Crippen LogP contribution in [-0.4, -0.2) is 28.0 Å². The molecule has 0 atom stereocenters. The van der Waals surface area contributed by atoms with Crippen molar-refractivity contribution in [3.63, 3.8) is 0 Å². The number of para-hydroxylation sites is 1. The van der Waals surface area contributed by atoms with Gasteiger partial charge in [-0.25, -0.2) is 8.42 Å². The lowest BCUT2D eigenvalue weighted by molar-refractivity contribution is -0.118. The van der Waals surface area contributed by atoms with Crippen LogP contribution in [-0.2, 0) is 14.8 Å². The van der Waals surface area contributed by atoms with Gasteiger partial charge in [0.2, 0.25) is 0 Å². The van der Waals surface area contributed by atoms with Crippen LogP contribution in [0.2, 0.25) is 0 Å². The highest BCUT2D eigenvalue weighted by Gasteiger charge is 2.16. The number of methoxy groups -OCH3 is 1. The number of hydrogen-bond donors (Lipinski definition) is 2. The predicted molar refractivity (Wildman–Crippen MR) is 116 cm³/mol. The van der Waals surface area contributed by atoms with Crippen LogP contribution < -0.4 is 19.5 Å². The molecule has 3 aromatic carbocycles. The first kappa shape index (κ1) is 21.2. The fourth-order valence-electron chi connectivity index (χ4n) is 2.71. The second kappa shape index (κ2) is 9.32. The van der Waals surface area contributed by atoms with E-state index < -0.39 is 10.0 Å². The van der Waals surface area contributed by atoms with Crippen molar-refractivity contribution < 1.29 is 22.7 Å². The quantitative estimate of drug-likeness (QED) is 0.571. The third-order valence-corrected chi connectivity index (χ3v) is 5.57. The molecule has 30 heavy (non-hydrogen) atoms. The molecule has 1 amide bonds. The number of nitrogens with one attached hydrogen (secondary N) is 2. The van der Waals surface area contributed by atoms with Gasteiger partial charge in [-0.05, 0) is 55.0 Å². The number of aryl methyl sites for hydroxylation is 1. The summed E-state index contributed by atoms with van der Waals surface area (Å²) >= 11 is 0. The van der Waals surface area contributed by atoms with Gasteiger partial charge in [-0.1, -0.05) is 24.3 Å². The molecule has 0 spiro atoms. The van der Waals surface area contributed by atoms with Gasteiger partial charge in [0.15, 0.2) is 6.61 Å². The zero-order valence-corrected chi connectivity index (χ0v) is 17.4. The van der Waals surface area contributed by atoms with Gasteiger partial charge in [0.05, 0.1) is 12.0 Å². The van der Waals surface area contributed by atoms with Gasteiger partial charge in [0.25, 0.3) is 15.9 Å². The molecule has 0 saturated heterocycles. The molecule has 0 saturated carbocycles. The summed E-state index contributed by atoms with van der Waals surface area (Å²) in [6, 6.07) is 20.1. The Balaban J connectivity index is 1.63. The maximum absolute atomic E-state index is 12.6. The highest BCUT2D eigenvalue weighted by atomic mass is 32.2. The largest absolute Gasteiger partial charge is 0.497 e. The van der Waals surface area contributed by atoms with E-state index in [0.29, 0.717) is 28.4 Å². The number of anilines is 2. The van der Waals surface area contributed by atoms with E-state index in [1.165, 1.54) is 18.2 Å². The molecule has 0 aliphatic carbocycles. The SMILES string of the molecule is COc1cccc(NC(=O)COc2ccc(S(=O)(=O)Nc3ccccc3)cc2C)c1. The molecule has 0 bridgehead atoms. The summed E-state index contributed by atoms with van der Waals surface area (Å²) < 4.78 is 38.3. The van der Waals surface area contributed by atoms with E-state index in [2.05, 4.69) is 10.0 Å². The van der Waals surface area contributed by atoms with Crippen molar-refractivity contribution in [2.24, 2.45) is 0 Å². The molecule has 3 aromatic rings. The van der Waals surface area contributed by atoms with Crippen LogP contribution in [0.25, 0.3) is 0 Å². The highest BCUT2D eigenvalue weighted by Crippen LogP contribution is 2.24. The van der Waals surface area contributed by atoms with Crippen molar-refractivity contribution in [1.82, 2.24) is 0 Å². The minimum Gasteiger partial charge on any atom is -0.497 e. The minimum absolute atomic E-state index is 0.108. The van der Waals surface area contributed by atoms with Crippen LogP contribution in [0.3, 0.4) is 0 Å². The maximum Gasteiger partial charge on any atom is 0.262 e. The standard InChI is InChI=1S/C22H22N2O5S/c1-16-13-20(30(26,27)24-17-7-4-3-5-8-17)11-12-21(16)29-15-22(25)23-18-9-6-10-19(14-18)28-2/h3-14,24H,15H2,1-2H3,(H,23,25). The molecule has 0 fully saturated rings. The highest BCUT2D eigenvalue weighted by molar-refractivity contribution is 7.92. The van der Waals surface area contributed by atoms with Crippen LogP contribution in [0.5, 0.6) is 11.5 Å². The van der Waals surface area contributed by atoms with E-state index >= 15 is 0 Å². The maximum atomic E-state index is 12.6. The summed E-state index contributed by atoms with van der Waals surface area (Å²) in [4.78, 5) is 12.3.